The Morgan fingerprint density at radius 2 is 0.532 bits per heavy atom. The van der Waals surface area contributed by atoms with Crippen LogP contribution in [0.25, 0.3) is 90.9 Å². The number of hydrogen-bond donors (Lipinski definition) is 4. The number of rotatable bonds is 12. The number of fused-ring (bicyclic) bond motifs is 8. The average Bonchev–Trinajstić information content (AvgIpc) is 1.63. The molecule has 4 atom stereocenters. The number of para-hydroxylation sites is 4. The summed E-state index contributed by atoms with van der Waals surface area (Å²) in [6.07, 6.45) is 8.92. The van der Waals surface area contributed by atoms with E-state index in [2.05, 4.69) is 21.3 Å². The first-order chi connectivity index (χ1) is 51.3. The summed E-state index contributed by atoms with van der Waals surface area (Å²) >= 11 is 0. The first-order valence-corrected chi connectivity index (χ1v) is 37.0. The van der Waals surface area contributed by atoms with Gasteiger partial charge in [-0.2, -0.15) is 0 Å². The van der Waals surface area contributed by atoms with Gasteiger partial charge in [-0.15, -0.1) is 22.1 Å². The van der Waals surface area contributed by atoms with E-state index in [1.54, 1.807) is 132 Å². The first kappa shape index (κ1) is 77.6. The number of amides is 8. The molecule has 24 nitrogen and oxygen atoms in total. The van der Waals surface area contributed by atoms with Crippen LogP contribution < -0.4 is 31.2 Å². The number of anilines is 4. The number of carbonyl (C=O) groups is 8. The second-order valence-corrected chi connectivity index (χ2v) is 31.8. The van der Waals surface area contributed by atoms with Gasteiger partial charge < -0.3 is 50.2 Å². The predicted octanol–water partition coefficient (Wildman–Crippen LogP) is 15.9. The number of ether oxygens (including phenoxy) is 4. The summed E-state index contributed by atoms with van der Waals surface area (Å²) in [7, 11) is 0. The molecule has 13 rings (SSSR count). The molecule has 8 amide bonds. The Morgan fingerprint density at radius 3 is 0.734 bits per heavy atom. The Kier molecular flexibility index (Phi) is 22.3. The number of nitrogens with one attached hydrogen (secondary N) is 4. The van der Waals surface area contributed by atoms with Crippen LogP contribution in [0.5, 0.6) is 0 Å². The molecule has 0 unspecified atom stereocenters. The number of hydrogen-bond acceptors (Lipinski definition) is 14. The van der Waals surface area contributed by atoms with E-state index in [9.17, 15) is 38.4 Å². The van der Waals surface area contributed by atoms with Crippen molar-refractivity contribution in [3.8, 4) is 44.5 Å². The van der Waals surface area contributed by atoms with Crippen molar-refractivity contribution in [2.75, 3.05) is 47.4 Å². The third-order valence-electron chi connectivity index (χ3n) is 19.2. The van der Waals surface area contributed by atoms with E-state index in [1.165, 1.54) is 19.6 Å². The first-order valence-electron chi connectivity index (χ1n) is 37.0. The zero-order valence-electron chi connectivity index (χ0n) is 63.5. The van der Waals surface area contributed by atoms with Crippen LogP contribution in [0.15, 0.2) is 121 Å². The van der Waals surface area contributed by atoms with Gasteiger partial charge in [-0.3, -0.25) is 38.8 Å². The maximum absolute atomic E-state index is 14.9. The van der Waals surface area contributed by atoms with Crippen LogP contribution in [0, 0.1) is 0 Å². The van der Waals surface area contributed by atoms with E-state index in [0.29, 0.717) is 190 Å². The molecular formula is C84H92FeN12O12. The van der Waals surface area contributed by atoms with Crippen molar-refractivity contribution in [1.82, 2.24) is 39.5 Å². The van der Waals surface area contributed by atoms with Crippen LogP contribution in [-0.4, -0.2) is 150 Å². The molecule has 0 saturated carbocycles. The molecule has 6 aliphatic rings. The van der Waals surface area contributed by atoms with Crippen molar-refractivity contribution < 1.29 is 74.4 Å². The van der Waals surface area contributed by atoms with E-state index < -0.39 is 94.6 Å². The number of carbonyl (C=O) groups excluding carboxylic acids is 8. The molecule has 568 valence electrons. The standard InChI is InChI=1S/C84H94N12O12.Fe/c1-81(2,3)105-77(101)93-45-21-33-65(93)73(97)89-53-29-17-13-25-49(53)69-57-37-39-59(85-57)70(50-26-14-18-30-54(50)90-74(98)66-34-22-46-94(66)78(102)106-82(4,5)6)61-41-43-63(87-61)72(52-28-16-20-32-56(52)92-76(100)68-36-24-48-96(68)80(104)108-84(10,11)12)64-44-42-62(88-64)71(60-40-38-58(69)86-60)51-27-15-19-31-55(51)91-75(99)67-35-23-47-95(67)79(103)107-83(7,8)9;/h13-20,25-32,37-44,65-68H,21-24,33-36,45-48H2,1-12H3,(H6,85,86,87,88,89,90,91,92,97,98,99,100);/q;+2/p-2/t65-,66-,67-,68-;/m0./s1. The molecule has 25 heteroatoms. The molecule has 0 radical (unpaired) electrons. The molecular weight excluding hydrogens is 1420 g/mol. The van der Waals surface area contributed by atoms with Gasteiger partial charge in [0.1, 0.15) is 46.6 Å². The molecule has 0 aliphatic carbocycles. The maximum atomic E-state index is 14.9. The van der Waals surface area contributed by atoms with Gasteiger partial charge in [0.2, 0.25) is 23.6 Å². The van der Waals surface area contributed by atoms with Crippen molar-refractivity contribution in [3.05, 3.63) is 144 Å². The van der Waals surface area contributed by atoms with E-state index in [-0.39, 0.29) is 17.1 Å². The third-order valence-corrected chi connectivity index (χ3v) is 19.2. The van der Waals surface area contributed by atoms with Crippen molar-refractivity contribution in [2.45, 2.75) is 181 Å². The van der Waals surface area contributed by atoms with Crippen LogP contribution in [0.1, 0.15) is 157 Å². The fraction of sp³-hybridized carbons (Fsp3) is 0.381. The second kappa shape index (κ2) is 31.3. The smallest absolute Gasteiger partial charge is 0.657 e. The average molecular weight is 1520 g/mol. The fourth-order valence-electron chi connectivity index (χ4n) is 14.6. The molecule has 6 aliphatic heterocycles. The maximum Gasteiger partial charge on any atom is 2.00 e. The van der Waals surface area contributed by atoms with Gasteiger partial charge in [-0.1, -0.05) is 97.1 Å². The largest absolute Gasteiger partial charge is 2.00 e. The number of nitrogens with zero attached hydrogens (tertiary/aromatic N) is 8. The minimum atomic E-state index is -0.858. The van der Waals surface area contributed by atoms with Crippen molar-refractivity contribution in [1.29, 1.82) is 0 Å². The Morgan fingerprint density at radius 1 is 0.330 bits per heavy atom. The third kappa shape index (κ3) is 17.3. The summed E-state index contributed by atoms with van der Waals surface area (Å²) in [6, 6.07) is 33.2. The van der Waals surface area contributed by atoms with Gasteiger partial charge in [0.15, 0.2) is 0 Å². The molecule has 9 heterocycles. The Hall–Kier alpha value is -11.0. The molecule has 4 aromatic carbocycles. The number of benzene rings is 4. The molecule has 0 spiro atoms. The number of aromatic nitrogens is 4. The zero-order valence-corrected chi connectivity index (χ0v) is 64.6. The Balaban J connectivity index is 0.0000111. The van der Waals surface area contributed by atoms with Gasteiger partial charge in [0, 0.05) is 71.2 Å². The summed E-state index contributed by atoms with van der Waals surface area (Å²) in [5.41, 5.74) is 5.53. The van der Waals surface area contributed by atoms with E-state index in [4.69, 9.17) is 38.9 Å². The van der Waals surface area contributed by atoms with E-state index >= 15 is 0 Å². The molecule has 3 aromatic heterocycles. The minimum absolute atomic E-state index is 0. The van der Waals surface area contributed by atoms with Crippen LogP contribution in [0.3, 0.4) is 0 Å². The number of likely N-dealkylation sites (tertiary alicyclic amines) is 4. The summed E-state index contributed by atoms with van der Waals surface area (Å²) in [5, 5.41) is 12.8. The monoisotopic (exact) mass is 1520 g/mol. The topological polar surface area (TPSA) is 289 Å². The summed E-state index contributed by atoms with van der Waals surface area (Å²) in [6.45, 7) is 22.6. The molecule has 4 fully saturated rings. The summed E-state index contributed by atoms with van der Waals surface area (Å²) < 4.78 is 23.2. The SMILES string of the molecule is CC(C)(C)OC(=O)N1CCC[C@H]1C(=O)Nc1ccccc1-c1c2nc(c(-c3ccccc3NC(=O)[C@@H]3CCCN3C(=O)OC(C)(C)C)c3ccc([n-]3)c(-c3ccccc3NC(=O)[C@@H]3CCCN3C(=O)OC(C)(C)C)c3nc(c(-c4ccccc4NC(=O)[C@@H]4CCCN4C(=O)OC(C)(C)C)c4ccc1[n-]4)C=C3)C=C2.[Fe+2]. The molecule has 8 bridgehead atoms. The molecule has 4 saturated heterocycles. The van der Waals surface area contributed by atoms with Crippen molar-refractivity contribution in [3.63, 3.8) is 0 Å². The van der Waals surface area contributed by atoms with Gasteiger partial charge in [0.05, 0.1) is 22.8 Å². The predicted molar refractivity (Wildman–Crippen MR) is 417 cm³/mol. The summed E-state index contributed by atoms with van der Waals surface area (Å²) in [4.78, 5) is 142. The molecule has 4 N–H and O–H groups in total. The van der Waals surface area contributed by atoms with Crippen LogP contribution in [0.4, 0.5) is 41.9 Å². The minimum Gasteiger partial charge on any atom is -0.657 e. The van der Waals surface area contributed by atoms with Crippen LogP contribution in [-0.2, 0) is 55.2 Å². The fourth-order valence-corrected chi connectivity index (χ4v) is 14.6. The quantitative estimate of drug-likeness (QED) is 0.0653. The Bertz CT molecular complexity index is 4390. The van der Waals surface area contributed by atoms with Crippen LogP contribution >= 0.6 is 0 Å². The second-order valence-electron chi connectivity index (χ2n) is 31.8. The molecule has 109 heavy (non-hydrogen) atoms. The van der Waals surface area contributed by atoms with Crippen molar-refractivity contribution >= 4 is 117 Å². The summed E-state index contributed by atoms with van der Waals surface area (Å²) in [5.74, 6) is -1.70. The zero-order chi connectivity index (χ0) is 76.7. The van der Waals surface area contributed by atoms with E-state index in [0.717, 1.165) is 0 Å². The van der Waals surface area contributed by atoms with Crippen LogP contribution in [0.2, 0.25) is 0 Å². The van der Waals surface area contributed by atoms with E-state index in [1.807, 2.05) is 97.1 Å². The normalized spacial score (nSPS) is 17.7. The Labute approximate surface area is 644 Å². The molecule has 7 aromatic rings. The van der Waals surface area contributed by atoms with Gasteiger partial charge in [-0.05, 0) is 205 Å². The van der Waals surface area contributed by atoms with Gasteiger partial charge >= 0.3 is 41.4 Å². The van der Waals surface area contributed by atoms with Gasteiger partial charge in [0.25, 0.3) is 0 Å². The van der Waals surface area contributed by atoms with Gasteiger partial charge in [-0.25, -0.2) is 29.1 Å². The van der Waals surface area contributed by atoms with Crippen molar-refractivity contribution in [2.24, 2.45) is 0 Å².